The highest BCUT2D eigenvalue weighted by Gasteiger charge is 2.12. The van der Waals surface area contributed by atoms with E-state index in [4.69, 9.17) is 21.1 Å². The summed E-state index contributed by atoms with van der Waals surface area (Å²) in [7, 11) is 2.01. The summed E-state index contributed by atoms with van der Waals surface area (Å²) in [4.78, 5) is 2.46. The maximum absolute atomic E-state index is 5.44. The van der Waals surface area contributed by atoms with Gasteiger partial charge >= 0.3 is 0 Å². The van der Waals surface area contributed by atoms with Gasteiger partial charge < -0.3 is 8.83 Å². The van der Waals surface area contributed by atoms with E-state index in [-0.39, 0.29) is 0 Å². The Kier molecular flexibility index (Phi) is 3.81. The molecule has 3 aromatic heterocycles. The number of rotatable bonds is 5. The van der Waals surface area contributed by atoms with E-state index in [1.165, 1.54) is 5.56 Å². The zero-order chi connectivity index (χ0) is 13.9. The van der Waals surface area contributed by atoms with Crippen molar-refractivity contribution in [1.82, 2.24) is 14.7 Å². The minimum absolute atomic E-state index is 0.341. The first-order valence-electron chi connectivity index (χ1n) is 6.04. The van der Waals surface area contributed by atoms with E-state index in [9.17, 15) is 0 Å². The largest absolute Gasteiger partial charge is 0.459 e. The number of aromatic nitrogens is 2. The lowest BCUT2D eigenvalue weighted by molar-refractivity contribution is 0.241. The smallest absolute Gasteiger partial charge is 0.288 e. The number of nitrogens with zero attached hydrogens (tertiary/aromatic N) is 3. The summed E-state index contributed by atoms with van der Waals surface area (Å²) < 4.78 is 12.3. The molecule has 0 saturated carbocycles. The van der Waals surface area contributed by atoms with Gasteiger partial charge in [0.05, 0.1) is 12.9 Å². The average Bonchev–Trinajstić information content (AvgIpc) is 3.12. The van der Waals surface area contributed by atoms with Gasteiger partial charge in [-0.15, -0.1) is 5.10 Å². The average molecular weight is 307 g/mol. The first-order valence-corrected chi connectivity index (χ1v) is 7.39. The summed E-state index contributed by atoms with van der Waals surface area (Å²) in [5.41, 5.74) is 1.28. The van der Waals surface area contributed by atoms with Crippen molar-refractivity contribution in [2.24, 2.45) is 0 Å². The van der Waals surface area contributed by atoms with E-state index in [1.807, 2.05) is 7.05 Å². The van der Waals surface area contributed by atoms with Crippen LogP contribution in [-0.4, -0.2) is 21.7 Å². The molecule has 0 N–H and O–H groups in total. The predicted molar refractivity (Wildman–Crippen MR) is 78.8 cm³/mol. The van der Waals surface area contributed by atoms with Crippen molar-refractivity contribution in [1.29, 1.82) is 0 Å². The third-order valence-electron chi connectivity index (χ3n) is 2.75. The van der Waals surface area contributed by atoms with Crippen LogP contribution < -0.4 is 0 Å². The molecule has 0 aromatic carbocycles. The number of furan rings is 1. The highest BCUT2D eigenvalue weighted by molar-refractivity contribution is 7.71. The predicted octanol–water partition coefficient (Wildman–Crippen LogP) is 3.62. The van der Waals surface area contributed by atoms with Gasteiger partial charge in [0.1, 0.15) is 0 Å². The van der Waals surface area contributed by atoms with Gasteiger partial charge in [0.25, 0.3) is 10.7 Å². The van der Waals surface area contributed by atoms with Crippen LogP contribution in [0.1, 0.15) is 5.56 Å². The Hall–Kier alpha value is -1.70. The first kappa shape index (κ1) is 13.3. The van der Waals surface area contributed by atoms with Gasteiger partial charge in [-0.3, -0.25) is 4.90 Å². The van der Waals surface area contributed by atoms with Crippen LogP contribution in [0.5, 0.6) is 0 Å². The fraction of sp³-hybridized carbons (Fsp3) is 0.231. The van der Waals surface area contributed by atoms with Crippen molar-refractivity contribution in [3.05, 3.63) is 45.6 Å². The molecular formula is C13H13N3O2S2. The zero-order valence-corrected chi connectivity index (χ0v) is 12.5. The molecule has 0 aliphatic carbocycles. The van der Waals surface area contributed by atoms with E-state index < -0.39 is 0 Å². The minimum atomic E-state index is 0.341. The third-order valence-corrected chi connectivity index (χ3v) is 3.77. The van der Waals surface area contributed by atoms with Gasteiger partial charge in [-0.2, -0.15) is 11.3 Å². The van der Waals surface area contributed by atoms with Crippen LogP contribution in [0.15, 0.2) is 44.1 Å². The Bertz CT molecular complexity index is 713. The Balaban J connectivity index is 1.73. The van der Waals surface area contributed by atoms with Crippen molar-refractivity contribution in [3.63, 3.8) is 0 Å². The lowest BCUT2D eigenvalue weighted by Gasteiger charge is -2.14. The van der Waals surface area contributed by atoms with Gasteiger partial charge in [0, 0.05) is 6.54 Å². The van der Waals surface area contributed by atoms with Crippen molar-refractivity contribution >= 4 is 23.6 Å². The van der Waals surface area contributed by atoms with Gasteiger partial charge in [-0.25, -0.2) is 4.68 Å². The Morgan fingerprint density at radius 1 is 1.45 bits per heavy atom. The lowest BCUT2D eigenvalue weighted by Crippen LogP contribution is -2.22. The van der Waals surface area contributed by atoms with Crippen molar-refractivity contribution in [3.8, 4) is 11.7 Å². The molecule has 3 rings (SSSR count). The molecule has 0 fully saturated rings. The summed E-state index contributed by atoms with van der Waals surface area (Å²) in [6.07, 6.45) is 1.58. The lowest BCUT2D eigenvalue weighted by atomic mass is 10.3. The van der Waals surface area contributed by atoms with Crippen LogP contribution in [-0.2, 0) is 13.2 Å². The number of hydrogen-bond donors (Lipinski definition) is 0. The van der Waals surface area contributed by atoms with Crippen LogP contribution in [0.3, 0.4) is 0 Å². The molecule has 5 nitrogen and oxygen atoms in total. The summed E-state index contributed by atoms with van der Waals surface area (Å²) in [5, 5.41) is 8.54. The molecule has 0 saturated heterocycles. The molecule has 3 heterocycles. The molecule has 104 valence electrons. The van der Waals surface area contributed by atoms with Crippen LogP contribution in [0, 0.1) is 4.84 Å². The van der Waals surface area contributed by atoms with E-state index in [1.54, 1.807) is 34.4 Å². The number of hydrogen-bond acceptors (Lipinski definition) is 6. The molecule has 0 bridgehead atoms. The molecule has 0 radical (unpaired) electrons. The summed E-state index contributed by atoms with van der Waals surface area (Å²) in [6.45, 7) is 1.41. The molecular weight excluding hydrogens is 294 g/mol. The Morgan fingerprint density at radius 3 is 3.05 bits per heavy atom. The second-order valence-electron chi connectivity index (χ2n) is 4.44. The quantitative estimate of drug-likeness (QED) is 0.674. The molecule has 3 aromatic rings. The molecule has 7 heteroatoms. The third kappa shape index (κ3) is 2.90. The van der Waals surface area contributed by atoms with E-state index >= 15 is 0 Å². The summed E-state index contributed by atoms with van der Waals surface area (Å²) in [5.74, 6) is 0.985. The van der Waals surface area contributed by atoms with Gasteiger partial charge in [0.2, 0.25) is 0 Å². The maximum Gasteiger partial charge on any atom is 0.288 e. The Labute approximate surface area is 125 Å². The van der Waals surface area contributed by atoms with Gasteiger partial charge in [-0.05, 0) is 53.8 Å². The SMILES string of the molecule is CN(Cc1ccsc1)Cn1nc(-c2ccco2)oc1=S. The molecule has 0 spiro atoms. The van der Waals surface area contributed by atoms with Crippen LogP contribution in [0.25, 0.3) is 11.7 Å². The van der Waals surface area contributed by atoms with Crippen LogP contribution in [0.2, 0.25) is 0 Å². The number of thiophene rings is 1. The zero-order valence-electron chi connectivity index (χ0n) is 10.9. The normalized spacial score (nSPS) is 11.3. The van der Waals surface area contributed by atoms with Crippen molar-refractivity contribution < 1.29 is 8.83 Å². The van der Waals surface area contributed by atoms with Crippen LogP contribution >= 0.6 is 23.6 Å². The molecule has 0 unspecified atom stereocenters. The molecule has 0 aliphatic rings. The second kappa shape index (κ2) is 5.74. The van der Waals surface area contributed by atoms with Crippen molar-refractivity contribution in [2.75, 3.05) is 7.05 Å². The summed E-state index contributed by atoms with van der Waals surface area (Å²) >= 11 is 6.87. The molecule has 20 heavy (non-hydrogen) atoms. The Morgan fingerprint density at radius 2 is 2.35 bits per heavy atom. The molecule has 0 atom stereocenters. The van der Waals surface area contributed by atoms with E-state index in [0.29, 0.717) is 23.2 Å². The second-order valence-corrected chi connectivity index (χ2v) is 5.57. The van der Waals surface area contributed by atoms with Gasteiger partial charge in [-0.1, -0.05) is 0 Å². The molecule has 0 aliphatic heterocycles. The minimum Gasteiger partial charge on any atom is -0.459 e. The van der Waals surface area contributed by atoms with Crippen molar-refractivity contribution in [2.45, 2.75) is 13.2 Å². The fourth-order valence-electron chi connectivity index (χ4n) is 1.87. The highest BCUT2D eigenvalue weighted by atomic mass is 32.1. The van der Waals surface area contributed by atoms with E-state index in [2.05, 4.69) is 26.8 Å². The summed E-state index contributed by atoms with van der Waals surface area (Å²) in [6, 6.07) is 5.69. The topological polar surface area (TPSA) is 47.3 Å². The standard InChI is InChI=1S/C13H13N3O2S2/c1-15(7-10-4-6-20-8-10)9-16-13(19)18-12(14-16)11-3-2-5-17-11/h2-6,8H,7,9H2,1H3. The van der Waals surface area contributed by atoms with Gasteiger partial charge in [0.15, 0.2) is 5.76 Å². The highest BCUT2D eigenvalue weighted by Crippen LogP contribution is 2.18. The van der Waals surface area contributed by atoms with E-state index in [0.717, 1.165) is 6.54 Å². The van der Waals surface area contributed by atoms with Crippen LogP contribution in [0.4, 0.5) is 0 Å². The maximum atomic E-state index is 5.44. The fourth-order valence-corrected chi connectivity index (χ4v) is 2.71. The monoisotopic (exact) mass is 307 g/mol. The first-order chi connectivity index (χ1) is 9.72. The molecule has 0 amide bonds.